The number of likely N-dealkylation sites (N-methyl/N-ethyl adjacent to an activating group) is 1. The maximum atomic E-state index is 12.9. The van der Waals surface area contributed by atoms with Gasteiger partial charge < -0.3 is 15.5 Å². The van der Waals surface area contributed by atoms with E-state index in [2.05, 4.69) is 4.99 Å². The lowest BCUT2D eigenvalue weighted by atomic mass is 10.0. The predicted octanol–water partition coefficient (Wildman–Crippen LogP) is 2.72. The van der Waals surface area contributed by atoms with Crippen molar-refractivity contribution in [2.24, 2.45) is 10.7 Å². The third kappa shape index (κ3) is 4.60. The Morgan fingerprint density at radius 3 is 2.48 bits per heavy atom. The van der Waals surface area contributed by atoms with Gasteiger partial charge in [0, 0.05) is 13.1 Å². The predicted molar refractivity (Wildman–Crippen MR) is 85.1 cm³/mol. The Balaban J connectivity index is 2.16. The second-order valence-corrected chi connectivity index (χ2v) is 6.14. The van der Waals surface area contributed by atoms with Crippen LogP contribution in [-0.2, 0) is 6.18 Å². The molecule has 0 spiro atoms. The molecular weight excluding hydrogens is 305 g/mol. The van der Waals surface area contributed by atoms with Gasteiger partial charge in [0.15, 0.2) is 5.96 Å². The number of benzene rings is 1. The Morgan fingerprint density at radius 2 is 1.96 bits per heavy atom. The number of aliphatic imine (C=N–C) groups is 1. The van der Waals surface area contributed by atoms with Crippen LogP contribution in [0.25, 0.3) is 0 Å². The summed E-state index contributed by atoms with van der Waals surface area (Å²) in [6.45, 7) is 0.317. The van der Waals surface area contributed by atoms with Crippen LogP contribution in [0.15, 0.2) is 29.3 Å². The van der Waals surface area contributed by atoms with Gasteiger partial charge in [-0.25, -0.2) is 0 Å². The number of nitrogens with zero attached hydrogens (tertiary/aromatic N) is 3. The van der Waals surface area contributed by atoms with Gasteiger partial charge in [0.1, 0.15) is 0 Å². The molecule has 0 aromatic heterocycles. The Kier molecular flexibility index (Phi) is 5.19. The SMILES string of the molecule is CN(C(N)=NC[C@H](c1cccc(C(F)(F)F)c1)N(C)C)C1CC1. The molecular formula is C16H23F3N4. The van der Waals surface area contributed by atoms with Gasteiger partial charge >= 0.3 is 6.18 Å². The smallest absolute Gasteiger partial charge is 0.370 e. The minimum atomic E-state index is -4.35. The van der Waals surface area contributed by atoms with Gasteiger partial charge in [-0.05, 0) is 44.6 Å². The van der Waals surface area contributed by atoms with E-state index in [0.29, 0.717) is 24.1 Å². The summed E-state index contributed by atoms with van der Waals surface area (Å²) in [7, 11) is 5.54. The van der Waals surface area contributed by atoms with Crippen molar-refractivity contribution in [3.63, 3.8) is 0 Å². The van der Waals surface area contributed by atoms with E-state index < -0.39 is 11.7 Å². The Morgan fingerprint density at radius 1 is 1.30 bits per heavy atom. The molecule has 2 rings (SSSR count). The molecule has 4 nitrogen and oxygen atoms in total. The van der Waals surface area contributed by atoms with Crippen LogP contribution >= 0.6 is 0 Å². The Labute approximate surface area is 134 Å². The molecule has 128 valence electrons. The zero-order chi connectivity index (χ0) is 17.2. The molecule has 0 heterocycles. The molecule has 7 heteroatoms. The fourth-order valence-electron chi connectivity index (χ4n) is 2.43. The first-order chi connectivity index (χ1) is 10.7. The quantitative estimate of drug-likeness (QED) is 0.668. The van der Waals surface area contributed by atoms with E-state index in [1.165, 1.54) is 12.1 Å². The molecule has 1 fully saturated rings. The minimum absolute atomic E-state index is 0.261. The van der Waals surface area contributed by atoms with Gasteiger partial charge in [0.2, 0.25) is 0 Å². The van der Waals surface area contributed by atoms with Crippen molar-refractivity contribution >= 4 is 5.96 Å². The van der Waals surface area contributed by atoms with Crippen LogP contribution in [0.5, 0.6) is 0 Å². The van der Waals surface area contributed by atoms with Crippen molar-refractivity contribution in [2.45, 2.75) is 31.1 Å². The van der Waals surface area contributed by atoms with E-state index in [1.807, 2.05) is 30.9 Å². The molecule has 0 bridgehead atoms. The van der Waals surface area contributed by atoms with E-state index in [9.17, 15) is 13.2 Å². The molecule has 2 N–H and O–H groups in total. The van der Waals surface area contributed by atoms with Crippen LogP contribution in [0.1, 0.15) is 30.0 Å². The van der Waals surface area contributed by atoms with Gasteiger partial charge in [-0.1, -0.05) is 12.1 Å². The average Bonchev–Trinajstić information content (AvgIpc) is 3.30. The summed E-state index contributed by atoms with van der Waals surface area (Å²) in [5.74, 6) is 0.436. The van der Waals surface area contributed by atoms with Gasteiger partial charge in [-0.15, -0.1) is 0 Å². The van der Waals surface area contributed by atoms with Crippen molar-refractivity contribution in [1.82, 2.24) is 9.80 Å². The first-order valence-corrected chi connectivity index (χ1v) is 7.56. The third-order valence-electron chi connectivity index (χ3n) is 4.10. The molecule has 1 aliphatic carbocycles. The number of hydrogen-bond donors (Lipinski definition) is 1. The van der Waals surface area contributed by atoms with Gasteiger partial charge in [0.25, 0.3) is 0 Å². The van der Waals surface area contributed by atoms with Crippen LogP contribution in [0.4, 0.5) is 13.2 Å². The van der Waals surface area contributed by atoms with Crippen molar-refractivity contribution in [1.29, 1.82) is 0 Å². The second-order valence-electron chi connectivity index (χ2n) is 6.14. The summed E-state index contributed by atoms with van der Waals surface area (Å²) in [6, 6.07) is 5.57. The summed E-state index contributed by atoms with van der Waals surface area (Å²) in [5, 5.41) is 0. The molecule has 1 aromatic carbocycles. The standard InChI is InChI=1S/C16H23F3N4/c1-22(2)14(10-21-15(20)23(3)13-7-8-13)11-5-4-6-12(9-11)16(17,18)19/h4-6,9,13-14H,7-8,10H2,1-3H3,(H2,20,21)/t14-/m1/s1. The normalized spacial score (nSPS) is 17.4. The van der Waals surface area contributed by atoms with Crippen LogP contribution in [0.3, 0.4) is 0 Å². The average molecular weight is 328 g/mol. The fraction of sp³-hybridized carbons (Fsp3) is 0.562. The molecule has 0 saturated heterocycles. The van der Waals surface area contributed by atoms with Crippen molar-refractivity contribution in [3.8, 4) is 0 Å². The summed E-state index contributed by atoms with van der Waals surface area (Å²) in [5.41, 5.74) is 5.90. The highest BCUT2D eigenvalue weighted by Gasteiger charge is 2.31. The number of halogens is 3. The highest BCUT2D eigenvalue weighted by Crippen LogP contribution is 2.31. The van der Waals surface area contributed by atoms with Crippen LogP contribution in [0.2, 0.25) is 0 Å². The van der Waals surface area contributed by atoms with E-state index in [0.717, 1.165) is 18.9 Å². The van der Waals surface area contributed by atoms with Crippen molar-refractivity contribution in [2.75, 3.05) is 27.7 Å². The molecule has 1 aromatic rings. The van der Waals surface area contributed by atoms with Gasteiger partial charge in [-0.2, -0.15) is 13.2 Å². The maximum Gasteiger partial charge on any atom is 0.416 e. The summed E-state index contributed by atoms with van der Waals surface area (Å²) < 4.78 is 38.6. The zero-order valence-corrected chi connectivity index (χ0v) is 13.6. The van der Waals surface area contributed by atoms with Crippen LogP contribution < -0.4 is 5.73 Å². The number of alkyl halides is 3. The molecule has 1 atom stereocenters. The molecule has 0 unspecified atom stereocenters. The zero-order valence-electron chi connectivity index (χ0n) is 13.6. The van der Waals surface area contributed by atoms with Gasteiger partial charge in [0.05, 0.1) is 18.2 Å². The van der Waals surface area contributed by atoms with Crippen molar-refractivity contribution < 1.29 is 13.2 Å². The fourth-order valence-corrected chi connectivity index (χ4v) is 2.43. The first kappa shape index (κ1) is 17.6. The van der Waals surface area contributed by atoms with Crippen molar-refractivity contribution in [3.05, 3.63) is 35.4 Å². The molecule has 0 aliphatic heterocycles. The molecule has 1 aliphatic rings. The van der Waals surface area contributed by atoms with Gasteiger partial charge in [-0.3, -0.25) is 4.99 Å². The Bertz CT molecular complexity index is 565. The lowest BCUT2D eigenvalue weighted by Crippen LogP contribution is -2.36. The topological polar surface area (TPSA) is 44.9 Å². The van der Waals surface area contributed by atoms with Crippen LogP contribution in [0, 0.1) is 0 Å². The van der Waals surface area contributed by atoms with Crippen LogP contribution in [-0.4, -0.2) is 49.5 Å². The minimum Gasteiger partial charge on any atom is -0.370 e. The summed E-state index contributed by atoms with van der Waals surface area (Å²) in [6.07, 6.45) is -2.13. The third-order valence-corrected chi connectivity index (χ3v) is 4.10. The monoisotopic (exact) mass is 328 g/mol. The summed E-state index contributed by atoms with van der Waals surface area (Å²) >= 11 is 0. The molecule has 23 heavy (non-hydrogen) atoms. The number of nitrogens with two attached hydrogens (primary N) is 1. The second kappa shape index (κ2) is 6.78. The van der Waals surface area contributed by atoms with E-state index in [-0.39, 0.29) is 6.04 Å². The lowest BCUT2D eigenvalue weighted by Gasteiger charge is -2.25. The van der Waals surface area contributed by atoms with E-state index >= 15 is 0 Å². The van der Waals surface area contributed by atoms with E-state index in [1.54, 1.807) is 6.07 Å². The maximum absolute atomic E-state index is 12.9. The largest absolute Gasteiger partial charge is 0.416 e. The number of hydrogen-bond acceptors (Lipinski definition) is 2. The lowest BCUT2D eigenvalue weighted by molar-refractivity contribution is -0.137. The van der Waals surface area contributed by atoms with E-state index in [4.69, 9.17) is 5.73 Å². The Hall–Kier alpha value is -1.76. The highest BCUT2D eigenvalue weighted by molar-refractivity contribution is 5.78. The molecule has 1 saturated carbocycles. The number of guanidine groups is 1. The highest BCUT2D eigenvalue weighted by atomic mass is 19.4. The summed E-state index contributed by atoms with van der Waals surface area (Å²) in [4.78, 5) is 8.15. The number of rotatable bonds is 5. The molecule has 0 amide bonds. The first-order valence-electron chi connectivity index (χ1n) is 7.56. The molecule has 0 radical (unpaired) electrons.